The average Bonchev–Trinajstić information content (AvgIpc) is 2.49. The molecule has 0 unspecified atom stereocenters. The number of amides is 1. The zero-order valence-electron chi connectivity index (χ0n) is 12.0. The molecule has 4 heteroatoms. The summed E-state index contributed by atoms with van der Waals surface area (Å²) in [5.41, 5.74) is 3.78. The van der Waals surface area contributed by atoms with Crippen LogP contribution >= 0.6 is 0 Å². The van der Waals surface area contributed by atoms with Crippen LogP contribution in [-0.4, -0.2) is 10.9 Å². The van der Waals surface area contributed by atoms with Gasteiger partial charge < -0.3 is 10.3 Å². The second-order valence-corrected chi connectivity index (χ2v) is 5.54. The fourth-order valence-corrected chi connectivity index (χ4v) is 2.68. The van der Waals surface area contributed by atoms with E-state index in [1.54, 1.807) is 6.07 Å². The minimum Gasteiger partial charge on any atom is -0.325 e. The molecule has 2 N–H and O–H groups in total. The minimum atomic E-state index is -0.353. The maximum atomic E-state index is 12.3. The average molecular weight is 282 g/mol. The highest BCUT2D eigenvalue weighted by atomic mass is 16.2. The first-order chi connectivity index (χ1) is 10.1. The summed E-state index contributed by atoms with van der Waals surface area (Å²) in [7, 11) is 0. The molecule has 0 saturated carbocycles. The largest absolute Gasteiger partial charge is 0.325 e. The molecular weight excluding hydrogens is 264 g/mol. The van der Waals surface area contributed by atoms with Crippen LogP contribution in [0.2, 0.25) is 0 Å². The molecule has 0 aliphatic heterocycles. The molecule has 3 rings (SSSR count). The van der Waals surface area contributed by atoms with Crippen molar-refractivity contribution in [1.29, 1.82) is 0 Å². The number of pyridine rings is 1. The smallest absolute Gasteiger partial charge is 0.261 e. The molecule has 1 aromatic carbocycles. The molecule has 0 fully saturated rings. The number of carbonyl (C=O) groups excluding carboxylic acids is 1. The Labute approximate surface area is 123 Å². The number of H-pyrrole nitrogens is 1. The number of hydrogen-bond donors (Lipinski definition) is 2. The third kappa shape index (κ3) is 2.89. The number of aromatic amines is 1. The SMILES string of the molecule is Cc1ccc(NC(=O)c2cc3c([nH]c2=O)CCCC3)cc1. The van der Waals surface area contributed by atoms with Crippen LogP contribution in [0.25, 0.3) is 0 Å². The molecule has 4 nitrogen and oxygen atoms in total. The third-order valence-corrected chi connectivity index (χ3v) is 3.89. The molecule has 1 aromatic heterocycles. The van der Waals surface area contributed by atoms with E-state index in [9.17, 15) is 9.59 Å². The van der Waals surface area contributed by atoms with Crippen LogP contribution in [-0.2, 0) is 12.8 Å². The van der Waals surface area contributed by atoms with Gasteiger partial charge in [-0.2, -0.15) is 0 Å². The molecule has 0 atom stereocenters. The van der Waals surface area contributed by atoms with Gasteiger partial charge in [-0.15, -0.1) is 0 Å². The summed E-state index contributed by atoms with van der Waals surface area (Å²) in [5, 5.41) is 2.77. The summed E-state index contributed by atoms with van der Waals surface area (Å²) in [4.78, 5) is 27.2. The number of anilines is 1. The van der Waals surface area contributed by atoms with E-state index in [-0.39, 0.29) is 17.0 Å². The zero-order chi connectivity index (χ0) is 14.8. The molecule has 1 amide bonds. The van der Waals surface area contributed by atoms with Gasteiger partial charge in [-0.1, -0.05) is 17.7 Å². The third-order valence-electron chi connectivity index (χ3n) is 3.89. The monoisotopic (exact) mass is 282 g/mol. The lowest BCUT2D eigenvalue weighted by molar-refractivity contribution is 0.102. The van der Waals surface area contributed by atoms with E-state index >= 15 is 0 Å². The summed E-state index contributed by atoms with van der Waals surface area (Å²) >= 11 is 0. The van der Waals surface area contributed by atoms with Crippen LogP contribution in [0.1, 0.15) is 40.0 Å². The Kier molecular flexibility index (Phi) is 3.60. The number of rotatable bonds is 2. The molecule has 21 heavy (non-hydrogen) atoms. The van der Waals surface area contributed by atoms with E-state index in [2.05, 4.69) is 10.3 Å². The Hall–Kier alpha value is -2.36. The molecule has 0 spiro atoms. The maximum Gasteiger partial charge on any atom is 0.261 e. The Morgan fingerprint density at radius 3 is 2.62 bits per heavy atom. The summed E-state index contributed by atoms with van der Waals surface area (Å²) in [6.45, 7) is 1.99. The molecule has 1 aliphatic carbocycles. The minimum absolute atomic E-state index is 0.191. The predicted molar refractivity (Wildman–Crippen MR) is 82.8 cm³/mol. The Morgan fingerprint density at radius 2 is 1.86 bits per heavy atom. The van der Waals surface area contributed by atoms with E-state index < -0.39 is 0 Å². The van der Waals surface area contributed by atoms with Crippen molar-refractivity contribution in [3.05, 3.63) is 63.1 Å². The van der Waals surface area contributed by atoms with Gasteiger partial charge in [0, 0.05) is 11.4 Å². The summed E-state index contributed by atoms with van der Waals surface area (Å²) in [6, 6.07) is 9.26. The van der Waals surface area contributed by atoms with E-state index in [4.69, 9.17) is 0 Å². The topological polar surface area (TPSA) is 62.0 Å². The molecule has 0 radical (unpaired) electrons. The first-order valence-corrected chi connectivity index (χ1v) is 7.26. The van der Waals surface area contributed by atoms with Crippen LogP contribution in [0, 0.1) is 6.92 Å². The van der Waals surface area contributed by atoms with Crippen molar-refractivity contribution in [2.24, 2.45) is 0 Å². The van der Waals surface area contributed by atoms with Crippen molar-refractivity contribution >= 4 is 11.6 Å². The van der Waals surface area contributed by atoms with Gasteiger partial charge in [0.05, 0.1) is 0 Å². The van der Waals surface area contributed by atoms with Gasteiger partial charge in [-0.25, -0.2) is 0 Å². The van der Waals surface area contributed by atoms with Gasteiger partial charge >= 0.3 is 0 Å². The Balaban J connectivity index is 1.87. The lowest BCUT2D eigenvalue weighted by Crippen LogP contribution is -2.26. The lowest BCUT2D eigenvalue weighted by atomic mass is 9.95. The van der Waals surface area contributed by atoms with Crippen LogP contribution < -0.4 is 10.9 Å². The number of aromatic nitrogens is 1. The molecule has 1 heterocycles. The standard InChI is InChI=1S/C17H18N2O2/c1-11-6-8-13(9-7-11)18-16(20)14-10-12-4-2-3-5-15(12)19-17(14)21/h6-10H,2-5H2,1H3,(H,18,20)(H,19,21). The number of fused-ring (bicyclic) bond motifs is 1. The van der Waals surface area contributed by atoms with Gasteiger partial charge in [0.25, 0.3) is 11.5 Å². The molecule has 1 aliphatic rings. The van der Waals surface area contributed by atoms with E-state index in [0.29, 0.717) is 5.69 Å². The summed E-state index contributed by atoms with van der Waals surface area (Å²) < 4.78 is 0. The van der Waals surface area contributed by atoms with Crippen molar-refractivity contribution in [1.82, 2.24) is 4.98 Å². The maximum absolute atomic E-state index is 12.3. The van der Waals surface area contributed by atoms with Crippen molar-refractivity contribution < 1.29 is 4.79 Å². The van der Waals surface area contributed by atoms with Gasteiger partial charge in [0.15, 0.2) is 0 Å². The lowest BCUT2D eigenvalue weighted by Gasteiger charge is -2.16. The first-order valence-electron chi connectivity index (χ1n) is 7.26. The van der Waals surface area contributed by atoms with Crippen molar-refractivity contribution in [3.8, 4) is 0 Å². The summed E-state index contributed by atoms with van der Waals surface area (Å²) in [5.74, 6) is -0.353. The first kappa shape index (κ1) is 13.6. The molecule has 108 valence electrons. The number of nitrogens with one attached hydrogen (secondary N) is 2. The van der Waals surface area contributed by atoms with Crippen LogP contribution in [0.15, 0.2) is 35.1 Å². The highest BCUT2D eigenvalue weighted by Gasteiger charge is 2.17. The number of benzene rings is 1. The van der Waals surface area contributed by atoms with E-state index in [1.807, 2.05) is 31.2 Å². The van der Waals surface area contributed by atoms with Crippen molar-refractivity contribution in [2.75, 3.05) is 5.32 Å². The van der Waals surface area contributed by atoms with E-state index in [1.165, 1.54) is 0 Å². The normalized spacial score (nSPS) is 13.6. The van der Waals surface area contributed by atoms with Gasteiger partial charge in [-0.3, -0.25) is 9.59 Å². The molecule has 0 saturated heterocycles. The number of hydrogen-bond acceptors (Lipinski definition) is 2. The zero-order valence-corrected chi connectivity index (χ0v) is 12.0. The molecule has 0 bridgehead atoms. The second kappa shape index (κ2) is 5.56. The number of aryl methyl sites for hydroxylation is 3. The Bertz CT molecular complexity index is 729. The van der Waals surface area contributed by atoms with Gasteiger partial charge in [0.2, 0.25) is 0 Å². The van der Waals surface area contributed by atoms with Crippen molar-refractivity contribution in [2.45, 2.75) is 32.6 Å². The van der Waals surface area contributed by atoms with Crippen LogP contribution in [0.3, 0.4) is 0 Å². The van der Waals surface area contributed by atoms with Crippen LogP contribution in [0.5, 0.6) is 0 Å². The van der Waals surface area contributed by atoms with Crippen molar-refractivity contribution in [3.63, 3.8) is 0 Å². The number of carbonyl (C=O) groups is 1. The second-order valence-electron chi connectivity index (χ2n) is 5.54. The predicted octanol–water partition coefficient (Wildman–Crippen LogP) is 2.81. The summed E-state index contributed by atoms with van der Waals surface area (Å²) in [6.07, 6.45) is 4.03. The van der Waals surface area contributed by atoms with Gasteiger partial charge in [-0.05, 0) is 56.4 Å². The highest BCUT2D eigenvalue weighted by molar-refractivity contribution is 6.04. The van der Waals surface area contributed by atoms with E-state index in [0.717, 1.165) is 42.5 Å². The quantitative estimate of drug-likeness (QED) is 0.889. The molecular formula is C17H18N2O2. The van der Waals surface area contributed by atoms with Gasteiger partial charge in [0.1, 0.15) is 5.56 Å². The molecule has 2 aromatic rings. The highest BCUT2D eigenvalue weighted by Crippen LogP contribution is 2.19. The fraction of sp³-hybridized carbons (Fsp3) is 0.294. The Morgan fingerprint density at radius 1 is 1.14 bits per heavy atom. The fourth-order valence-electron chi connectivity index (χ4n) is 2.68. The van der Waals surface area contributed by atoms with Crippen LogP contribution in [0.4, 0.5) is 5.69 Å².